The van der Waals surface area contributed by atoms with Gasteiger partial charge in [0, 0.05) is 13.1 Å². The fourth-order valence-electron chi connectivity index (χ4n) is 2.38. The van der Waals surface area contributed by atoms with Crippen molar-refractivity contribution in [2.24, 2.45) is 5.92 Å². The van der Waals surface area contributed by atoms with Gasteiger partial charge in [-0.25, -0.2) is 0 Å². The zero-order valence-electron chi connectivity index (χ0n) is 10.8. The van der Waals surface area contributed by atoms with E-state index in [1.165, 1.54) is 0 Å². The van der Waals surface area contributed by atoms with Gasteiger partial charge in [0.15, 0.2) is 5.76 Å². The first-order valence-electron chi connectivity index (χ1n) is 6.49. The van der Waals surface area contributed by atoms with E-state index >= 15 is 0 Å². The molecule has 19 heavy (non-hydrogen) atoms. The number of hydrogen-bond acceptors (Lipinski definition) is 6. The Hall–Kier alpha value is -1.66. The van der Waals surface area contributed by atoms with Crippen LogP contribution >= 0.6 is 0 Å². The van der Waals surface area contributed by atoms with Crippen LogP contribution in [0.5, 0.6) is 0 Å². The van der Waals surface area contributed by atoms with Gasteiger partial charge in [0.2, 0.25) is 11.7 Å². The van der Waals surface area contributed by atoms with Crippen LogP contribution < -0.4 is 0 Å². The van der Waals surface area contributed by atoms with E-state index in [9.17, 15) is 5.11 Å². The quantitative estimate of drug-likeness (QED) is 0.905. The third-order valence-corrected chi connectivity index (χ3v) is 3.51. The van der Waals surface area contributed by atoms with Gasteiger partial charge < -0.3 is 14.0 Å². The lowest BCUT2D eigenvalue weighted by atomic mass is 9.97. The Bertz CT molecular complexity index is 523. The second-order valence-electron chi connectivity index (χ2n) is 5.06. The zero-order chi connectivity index (χ0) is 13.2. The van der Waals surface area contributed by atoms with Crippen LogP contribution in [-0.2, 0) is 6.54 Å². The smallest absolute Gasteiger partial charge is 0.241 e. The lowest BCUT2D eigenvalue weighted by molar-refractivity contribution is 0.0282. The first kappa shape index (κ1) is 12.4. The van der Waals surface area contributed by atoms with Crippen molar-refractivity contribution in [1.82, 2.24) is 15.0 Å². The van der Waals surface area contributed by atoms with E-state index in [-0.39, 0.29) is 12.0 Å². The minimum absolute atomic E-state index is 0.197. The van der Waals surface area contributed by atoms with E-state index in [1.807, 2.05) is 0 Å². The van der Waals surface area contributed by atoms with Gasteiger partial charge in [0.1, 0.15) is 0 Å². The molecule has 0 aliphatic carbocycles. The largest absolute Gasteiger partial charge is 0.461 e. The van der Waals surface area contributed by atoms with Gasteiger partial charge >= 0.3 is 0 Å². The Morgan fingerprint density at radius 2 is 2.42 bits per heavy atom. The molecule has 0 saturated carbocycles. The summed E-state index contributed by atoms with van der Waals surface area (Å²) in [6.45, 7) is 4.37. The maximum absolute atomic E-state index is 9.70. The average Bonchev–Trinajstić information content (AvgIpc) is 3.04. The first-order chi connectivity index (χ1) is 9.22. The molecule has 2 aromatic rings. The summed E-state index contributed by atoms with van der Waals surface area (Å²) in [5.41, 5.74) is 0. The number of piperidine rings is 1. The number of likely N-dealkylation sites (tertiary alicyclic amines) is 1. The van der Waals surface area contributed by atoms with Crippen molar-refractivity contribution in [3.63, 3.8) is 0 Å². The van der Waals surface area contributed by atoms with Crippen LogP contribution in [0, 0.1) is 5.92 Å². The van der Waals surface area contributed by atoms with Gasteiger partial charge in [-0.2, -0.15) is 4.98 Å². The first-order valence-corrected chi connectivity index (χ1v) is 6.49. The molecule has 1 saturated heterocycles. The highest BCUT2D eigenvalue weighted by atomic mass is 16.5. The van der Waals surface area contributed by atoms with Gasteiger partial charge in [-0.1, -0.05) is 12.1 Å². The SMILES string of the molecule is CC1CN(Cc2nc(-c3ccco3)no2)CCC1O. The lowest BCUT2D eigenvalue weighted by Gasteiger charge is -2.33. The molecule has 0 radical (unpaired) electrons. The molecule has 2 atom stereocenters. The Morgan fingerprint density at radius 3 is 3.16 bits per heavy atom. The van der Waals surface area contributed by atoms with Crippen LogP contribution in [-0.4, -0.2) is 39.3 Å². The number of rotatable bonds is 3. The number of aromatic nitrogens is 2. The monoisotopic (exact) mass is 263 g/mol. The molecule has 2 unspecified atom stereocenters. The normalized spacial score (nSPS) is 24.7. The highest BCUT2D eigenvalue weighted by molar-refractivity contribution is 5.44. The molecule has 6 heteroatoms. The molecule has 1 aliphatic heterocycles. The molecular weight excluding hydrogens is 246 g/mol. The van der Waals surface area contributed by atoms with E-state index in [0.717, 1.165) is 19.5 Å². The number of hydrogen-bond donors (Lipinski definition) is 1. The van der Waals surface area contributed by atoms with Crippen LogP contribution in [0.15, 0.2) is 27.3 Å². The molecular formula is C13H17N3O3. The van der Waals surface area contributed by atoms with Crippen LogP contribution in [0.2, 0.25) is 0 Å². The number of nitrogens with zero attached hydrogens (tertiary/aromatic N) is 3. The highest BCUT2D eigenvalue weighted by Crippen LogP contribution is 2.20. The molecule has 6 nitrogen and oxygen atoms in total. The van der Waals surface area contributed by atoms with Crippen molar-refractivity contribution in [3.8, 4) is 11.6 Å². The Kier molecular flexibility index (Phi) is 3.35. The van der Waals surface area contributed by atoms with Gasteiger partial charge in [0.25, 0.3) is 0 Å². The summed E-state index contributed by atoms with van der Waals surface area (Å²) in [6, 6.07) is 3.59. The summed E-state index contributed by atoms with van der Waals surface area (Å²) in [5, 5.41) is 13.6. The predicted octanol–water partition coefficient (Wildman–Crippen LogP) is 1.53. The second kappa shape index (κ2) is 5.14. The summed E-state index contributed by atoms with van der Waals surface area (Å²) in [4.78, 5) is 6.53. The Labute approximate surface area is 111 Å². The van der Waals surface area contributed by atoms with Crippen LogP contribution in [0.3, 0.4) is 0 Å². The van der Waals surface area contributed by atoms with E-state index in [2.05, 4.69) is 22.0 Å². The van der Waals surface area contributed by atoms with Gasteiger partial charge in [-0.15, -0.1) is 0 Å². The van der Waals surface area contributed by atoms with Crippen molar-refractivity contribution in [3.05, 3.63) is 24.3 Å². The molecule has 3 heterocycles. The van der Waals surface area contributed by atoms with Crippen LogP contribution in [0.1, 0.15) is 19.2 Å². The van der Waals surface area contributed by atoms with E-state index in [1.54, 1.807) is 18.4 Å². The van der Waals surface area contributed by atoms with E-state index in [4.69, 9.17) is 8.94 Å². The molecule has 3 rings (SSSR count). The molecule has 102 valence electrons. The van der Waals surface area contributed by atoms with Gasteiger partial charge in [-0.05, 0) is 24.5 Å². The van der Waals surface area contributed by atoms with Crippen molar-refractivity contribution >= 4 is 0 Å². The summed E-state index contributed by atoms with van der Waals surface area (Å²) in [5.74, 6) is 1.94. The molecule has 0 spiro atoms. The molecule has 1 aliphatic rings. The number of aliphatic hydroxyl groups excluding tert-OH is 1. The van der Waals surface area contributed by atoms with Crippen LogP contribution in [0.4, 0.5) is 0 Å². The zero-order valence-corrected chi connectivity index (χ0v) is 10.8. The Balaban J connectivity index is 1.64. The van der Waals surface area contributed by atoms with Crippen molar-refractivity contribution in [2.45, 2.75) is 26.0 Å². The number of aliphatic hydroxyl groups is 1. The minimum atomic E-state index is -0.197. The standard InChI is InChI=1S/C13H17N3O3/c1-9-7-16(5-4-10(9)17)8-12-14-13(15-19-12)11-3-2-6-18-11/h2-3,6,9-10,17H,4-5,7-8H2,1H3. The predicted molar refractivity (Wildman–Crippen MR) is 67.1 cm³/mol. The van der Waals surface area contributed by atoms with Crippen molar-refractivity contribution in [1.29, 1.82) is 0 Å². The maximum atomic E-state index is 9.70. The fourth-order valence-corrected chi connectivity index (χ4v) is 2.38. The fraction of sp³-hybridized carbons (Fsp3) is 0.538. The van der Waals surface area contributed by atoms with E-state index < -0.39 is 0 Å². The third-order valence-electron chi connectivity index (χ3n) is 3.51. The maximum Gasteiger partial charge on any atom is 0.241 e. The molecule has 0 bridgehead atoms. The minimum Gasteiger partial charge on any atom is -0.461 e. The molecule has 2 aromatic heterocycles. The molecule has 1 N–H and O–H groups in total. The topological polar surface area (TPSA) is 75.5 Å². The second-order valence-corrected chi connectivity index (χ2v) is 5.06. The van der Waals surface area contributed by atoms with Crippen molar-refractivity contribution < 1.29 is 14.0 Å². The summed E-state index contributed by atoms with van der Waals surface area (Å²) in [6.07, 6.45) is 2.18. The van der Waals surface area contributed by atoms with E-state index in [0.29, 0.717) is 24.0 Å². The summed E-state index contributed by atoms with van der Waals surface area (Å²) >= 11 is 0. The molecule has 1 fully saturated rings. The number of furan rings is 1. The lowest BCUT2D eigenvalue weighted by Crippen LogP contribution is -2.41. The highest BCUT2D eigenvalue weighted by Gasteiger charge is 2.25. The average molecular weight is 263 g/mol. The third kappa shape index (κ3) is 2.69. The summed E-state index contributed by atoms with van der Waals surface area (Å²) < 4.78 is 10.5. The van der Waals surface area contributed by atoms with Gasteiger partial charge in [0.05, 0.1) is 18.9 Å². The summed E-state index contributed by atoms with van der Waals surface area (Å²) in [7, 11) is 0. The molecule has 0 amide bonds. The molecule has 0 aromatic carbocycles. The Morgan fingerprint density at radius 1 is 1.53 bits per heavy atom. The van der Waals surface area contributed by atoms with Crippen LogP contribution in [0.25, 0.3) is 11.6 Å². The van der Waals surface area contributed by atoms with Gasteiger partial charge in [-0.3, -0.25) is 4.90 Å². The van der Waals surface area contributed by atoms with Crippen molar-refractivity contribution in [2.75, 3.05) is 13.1 Å².